The lowest BCUT2D eigenvalue weighted by molar-refractivity contribution is 0.102. The van der Waals surface area contributed by atoms with Crippen molar-refractivity contribution in [3.63, 3.8) is 0 Å². The Morgan fingerprint density at radius 2 is 1.62 bits per heavy atom. The summed E-state index contributed by atoms with van der Waals surface area (Å²) in [5.41, 5.74) is 2.22. The molecule has 0 radical (unpaired) electrons. The van der Waals surface area contributed by atoms with Gasteiger partial charge in [-0.05, 0) is 18.4 Å². The molecule has 0 fully saturated rings. The minimum absolute atomic E-state index is 0.0127. The Bertz CT molecular complexity index is 751. The molecular weight excluding hydrogens is 280 g/mol. The van der Waals surface area contributed by atoms with E-state index in [1.807, 2.05) is 71.5 Å². The van der Waals surface area contributed by atoms with Crippen LogP contribution in [-0.2, 0) is 0 Å². The number of hydrogen-bond donors (Lipinski definition) is 0. The maximum atomic E-state index is 12.8. The van der Waals surface area contributed by atoms with Crippen molar-refractivity contribution in [3.8, 4) is 5.69 Å². The van der Waals surface area contributed by atoms with Gasteiger partial charge in [-0.15, -0.1) is 11.8 Å². The topological polar surface area (TPSA) is 34.9 Å². The summed E-state index contributed by atoms with van der Waals surface area (Å²) < 4.78 is 1.85. The lowest BCUT2D eigenvalue weighted by atomic mass is 10.1. The van der Waals surface area contributed by atoms with Crippen LogP contribution in [0, 0.1) is 0 Å². The van der Waals surface area contributed by atoms with Gasteiger partial charge in [-0.3, -0.25) is 9.36 Å². The van der Waals surface area contributed by atoms with Crippen LogP contribution < -0.4 is 0 Å². The molecule has 3 rings (SSSR count). The summed E-state index contributed by atoms with van der Waals surface area (Å²) in [6, 6.07) is 19.1. The van der Waals surface area contributed by atoms with Gasteiger partial charge < -0.3 is 0 Å². The highest BCUT2D eigenvalue weighted by molar-refractivity contribution is 7.98. The van der Waals surface area contributed by atoms with Crippen molar-refractivity contribution in [1.29, 1.82) is 0 Å². The third-order valence-electron chi connectivity index (χ3n) is 3.21. The van der Waals surface area contributed by atoms with E-state index in [0.29, 0.717) is 11.3 Å². The third-order valence-corrected chi connectivity index (χ3v) is 3.90. The van der Waals surface area contributed by atoms with Crippen LogP contribution in [0.2, 0.25) is 0 Å². The Morgan fingerprint density at radius 1 is 1.00 bits per heavy atom. The van der Waals surface area contributed by atoms with Gasteiger partial charge in [-0.25, -0.2) is 4.98 Å². The zero-order valence-corrected chi connectivity index (χ0v) is 12.4. The van der Waals surface area contributed by atoms with E-state index in [-0.39, 0.29) is 5.78 Å². The van der Waals surface area contributed by atoms with Crippen molar-refractivity contribution >= 4 is 17.5 Å². The van der Waals surface area contributed by atoms with Crippen LogP contribution in [-0.4, -0.2) is 21.6 Å². The molecule has 2 aromatic carbocycles. The molecule has 3 aromatic rings. The first-order valence-corrected chi connectivity index (χ1v) is 7.80. The predicted molar refractivity (Wildman–Crippen MR) is 85.2 cm³/mol. The van der Waals surface area contributed by atoms with E-state index in [4.69, 9.17) is 0 Å². The fraction of sp³-hybridized carbons (Fsp3) is 0.0588. The Labute approximate surface area is 127 Å². The average Bonchev–Trinajstić information content (AvgIpc) is 2.99. The number of para-hydroxylation sites is 1. The first-order chi connectivity index (χ1) is 10.3. The maximum absolute atomic E-state index is 12.8. The minimum Gasteiger partial charge on any atom is -0.295 e. The molecule has 4 heteroatoms. The Hall–Kier alpha value is -2.33. The van der Waals surface area contributed by atoms with Gasteiger partial charge in [0.15, 0.2) is 0 Å². The molecule has 0 atom stereocenters. The largest absolute Gasteiger partial charge is 0.295 e. The molecule has 0 spiro atoms. The SMILES string of the molecule is CSc1ncn(-c2ccccc2)c1C(=O)c1ccccc1. The van der Waals surface area contributed by atoms with Gasteiger partial charge in [0.05, 0.1) is 0 Å². The highest BCUT2D eigenvalue weighted by Crippen LogP contribution is 2.24. The summed E-state index contributed by atoms with van der Waals surface area (Å²) in [6.45, 7) is 0. The Balaban J connectivity index is 2.13. The van der Waals surface area contributed by atoms with Crippen LogP contribution in [0.4, 0.5) is 0 Å². The number of hydrogen-bond acceptors (Lipinski definition) is 3. The van der Waals surface area contributed by atoms with Crippen LogP contribution in [0.25, 0.3) is 5.69 Å². The molecule has 0 bridgehead atoms. The molecule has 3 nitrogen and oxygen atoms in total. The maximum Gasteiger partial charge on any atom is 0.212 e. The van der Waals surface area contributed by atoms with Crippen LogP contribution in [0.5, 0.6) is 0 Å². The minimum atomic E-state index is -0.0127. The molecule has 0 saturated heterocycles. The summed E-state index contributed by atoms with van der Waals surface area (Å²) in [6.07, 6.45) is 3.64. The predicted octanol–water partition coefficient (Wildman–Crippen LogP) is 3.83. The van der Waals surface area contributed by atoms with Crippen molar-refractivity contribution in [1.82, 2.24) is 9.55 Å². The second-order valence-electron chi connectivity index (χ2n) is 4.50. The highest BCUT2D eigenvalue weighted by atomic mass is 32.2. The van der Waals surface area contributed by atoms with Gasteiger partial charge >= 0.3 is 0 Å². The fourth-order valence-corrected chi connectivity index (χ4v) is 2.74. The molecule has 0 unspecified atom stereocenters. The first-order valence-electron chi connectivity index (χ1n) is 6.58. The van der Waals surface area contributed by atoms with Crippen LogP contribution in [0.1, 0.15) is 16.1 Å². The second kappa shape index (κ2) is 5.97. The van der Waals surface area contributed by atoms with Gasteiger partial charge in [-0.2, -0.15) is 0 Å². The van der Waals surface area contributed by atoms with E-state index in [1.165, 1.54) is 11.8 Å². The molecule has 104 valence electrons. The number of benzene rings is 2. The molecule has 21 heavy (non-hydrogen) atoms. The molecule has 0 saturated carbocycles. The van der Waals surface area contributed by atoms with Crippen LogP contribution in [0.3, 0.4) is 0 Å². The number of carbonyl (C=O) groups excluding carboxylic acids is 1. The van der Waals surface area contributed by atoms with E-state index < -0.39 is 0 Å². The Kier molecular flexibility index (Phi) is 3.88. The molecular formula is C17H14N2OS. The number of nitrogens with zero attached hydrogens (tertiary/aromatic N) is 2. The smallest absolute Gasteiger partial charge is 0.212 e. The second-order valence-corrected chi connectivity index (χ2v) is 5.30. The van der Waals surface area contributed by atoms with Crippen molar-refractivity contribution in [2.75, 3.05) is 6.26 Å². The molecule has 0 amide bonds. The van der Waals surface area contributed by atoms with Crippen LogP contribution >= 0.6 is 11.8 Å². The van der Waals surface area contributed by atoms with Crippen molar-refractivity contribution in [3.05, 3.63) is 78.2 Å². The zero-order chi connectivity index (χ0) is 14.7. The van der Waals surface area contributed by atoms with Crippen molar-refractivity contribution in [2.45, 2.75) is 5.03 Å². The Morgan fingerprint density at radius 3 is 2.24 bits per heavy atom. The number of ketones is 1. The number of carbonyl (C=O) groups is 1. The quantitative estimate of drug-likeness (QED) is 0.542. The molecule has 1 heterocycles. The van der Waals surface area contributed by atoms with E-state index in [1.54, 1.807) is 6.33 Å². The molecule has 0 aliphatic carbocycles. The van der Waals surface area contributed by atoms with E-state index in [9.17, 15) is 4.79 Å². The molecule has 0 aliphatic heterocycles. The standard InChI is InChI=1S/C17H14N2OS/c1-21-17-15(16(20)13-8-4-2-5-9-13)19(12-18-17)14-10-6-3-7-11-14/h2-12H,1H3. The molecule has 0 aliphatic rings. The van der Waals surface area contributed by atoms with Gasteiger partial charge in [0.2, 0.25) is 5.78 Å². The summed E-state index contributed by atoms with van der Waals surface area (Å²) >= 11 is 1.48. The summed E-state index contributed by atoms with van der Waals surface area (Å²) in [4.78, 5) is 17.2. The van der Waals surface area contributed by atoms with Crippen molar-refractivity contribution < 1.29 is 4.79 Å². The number of imidazole rings is 1. The summed E-state index contributed by atoms with van der Waals surface area (Å²) in [5.74, 6) is -0.0127. The van der Waals surface area contributed by atoms with Gasteiger partial charge in [0.25, 0.3) is 0 Å². The van der Waals surface area contributed by atoms with Gasteiger partial charge in [0, 0.05) is 11.3 Å². The van der Waals surface area contributed by atoms with Crippen LogP contribution in [0.15, 0.2) is 72.0 Å². The van der Waals surface area contributed by atoms with Gasteiger partial charge in [0.1, 0.15) is 17.0 Å². The molecule has 0 N–H and O–H groups in total. The van der Waals surface area contributed by atoms with Gasteiger partial charge in [-0.1, -0.05) is 48.5 Å². The molecule has 1 aromatic heterocycles. The summed E-state index contributed by atoms with van der Waals surface area (Å²) in [5, 5.41) is 0.743. The number of rotatable bonds is 4. The zero-order valence-electron chi connectivity index (χ0n) is 11.6. The monoisotopic (exact) mass is 294 g/mol. The lowest BCUT2D eigenvalue weighted by Crippen LogP contribution is -2.09. The fourth-order valence-electron chi connectivity index (χ4n) is 2.20. The lowest BCUT2D eigenvalue weighted by Gasteiger charge is -2.08. The number of thioether (sulfide) groups is 1. The van der Waals surface area contributed by atoms with E-state index in [2.05, 4.69) is 4.98 Å². The number of aromatic nitrogens is 2. The van der Waals surface area contributed by atoms with E-state index >= 15 is 0 Å². The van der Waals surface area contributed by atoms with E-state index in [0.717, 1.165) is 10.7 Å². The third kappa shape index (κ3) is 2.62. The summed E-state index contributed by atoms with van der Waals surface area (Å²) in [7, 11) is 0. The van der Waals surface area contributed by atoms with Crippen molar-refractivity contribution in [2.24, 2.45) is 0 Å². The highest BCUT2D eigenvalue weighted by Gasteiger charge is 2.20. The normalized spacial score (nSPS) is 10.5. The average molecular weight is 294 g/mol. The first kappa shape index (κ1) is 13.6.